The molecule has 0 aromatic carbocycles. The van der Waals surface area contributed by atoms with Crippen molar-refractivity contribution in [1.82, 2.24) is 19.7 Å². The molecule has 0 spiro atoms. The lowest BCUT2D eigenvalue weighted by Gasteiger charge is -2.04. The second kappa shape index (κ2) is 4.44. The Labute approximate surface area is 102 Å². The van der Waals surface area contributed by atoms with E-state index in [2.05, 4.69) is 19.8 Å². The van der Waals surface area contributed by atoms with E-state index in [1.54, 1.807) is 13.8 Å². The Hall–Kier alpha value is -2.44. The molecule has 0 bridgehead atoms. The molecule has 0 amide bonds. The second-order valence-corrected chi connectivity index (χ2v) is 3.76. The zero-order valence-electron chi connectivity index (χ0n) is 10.2. The summed E-state index contributed by atoms with van der Waals surface area (Å²) < 4.78 is 6.02. The maximum atomic E-state index is 11.4. The van der Waals surface area contributed by atoms with Crippen LogP contribution >= 0.6 is 0 Å². The van der Waals surface area contributed by atoms with Crippen molar-refractivity contribution < 1.29 is 9.53 Å². The molecule has 7 nitrogen and oxygen atoms in total. The van der Waals surface area contributed by atoms with Crippen LogP contribution in [-0.2, 0) is 4.74 Å². The molecule has 0 aliphatic carbocycles. The highest BCUT2D eigenvalue weighted by Gasteiger charge is 2.16. The number of hydrogen-bond acceptors (Lipinski definition) is 5. The summed E-state index contributed by atoms with van der Waals surface area (Å²) in [5.74, 6) is -0.207. The van der Waals surface area contributed by atoms with Crippen molar-refractivity contribution in [3.63, 3.8) is 0 Å². The zero-order chi connectivity index (χ0) is 13.3. The maximum Gasteiger partial charge on any atom is 0.341 e. The number of H-pyrrole nitrogens is 1. The third-order valence-corrected chi connectivity index (χ3v) is 2.47. The number of nitrogens with zero attached hydrogens (tertiary/aromatic N) is 3. The highest BCUT2D eigenvalue weighted by atomic mass is 16.5. The summed E-state index contributed by atoms with van der Waals surface area (Å²) in [7, 11) is 1.30. The molecular weight excluding hydrogens is 236 g/mol. The predicted octanol–water partition coefficient (Wildman–Crippen LogP) is 0.359. The van der Waals surface area contributed by atoms with Crippen LogP contribution < -0.4 is 5.56 Å². The van der Waals surface area contributed by atoms with E-state index in [0.29, 0.717) is 17.0 Å². The Bertz CT molecular complexity index is 657. The minimum atomic E-state index is -0.478. The van der Waals surface area contributed by atoms with Crippen LogP contribution in [-0.4, -0.2) is 32.8 Å². The van der Waals surface area contributed by atoms with E-state index >= 15 is 0 Å². The minimum Gasteiger partial charge on any atom is -0.465 e. The van der Waals surface area contributed by atoms with E-state index in [1.807, 2.05) is 0 Å². The molecule has 0 saturated carbocycles. The summed E-state index contributed by atoms with van der Waals surface area (Å²) in [6.07, 6.45) is 1.38. The lowest BCUT2D eigenvalue weighted by molar-refractivity contribution is 0.0600. The third kappa shape index (κ3) is 2.02. The summed E-state index contributed by atoms with van der Waals surface area (Å²) in [4.78, 5) is 29.5. The normalized spacial score (nSPS) is 10.4. The highest BCUT2D eigenvalue weighted by molar-refractivity contribution is 5.90. The van der Waals surface area contributed by atoms with Crippen molar-refractivity contribution in [2.75, 3.05) is 7.11 Å². The van der Waals surface area contributed by atoms with Gasteiger partial charge in [0.05, 0.1) is 19.0 Å². The fourth-order valence-electron chi connectivity index (χ4n) is 1.60. The van der Waals surface area contributed by atoms with Crippen LogP contribution in [0.1, 0.15) is 21.7 Å². The molecule has 2 aromatic heterocycles. The predicted molar refractivity (Wildman–Crippen MR) is 62.8 cm³/mol. The summed E-state index contributed by atoms with van der Waals surface area (Å²) in [5, 5.41) is 4.02. The monoisotopic (exact) mass is 248 g/mol. The molecule has 0 atom stereocenters. The lowest BCUT2D eigenvalue weighted by Crippen LogP contribution is -2.15. The Balaban J connectivity index is 2.55. The number of ether oxygens (including phenoxy) is 1. The molecular formula is C11H12N4O3. The van der Waals surface area contributed by atoms with Crippen molar-refractivity contribution in [2.24, 2.45) is 0 Å². The molecule has 0 unspecified atom stereocenters. The van der Waals surface area contributed by atoms with Gasteiger partial charge in [-0.05, 0) is 13.8 Å². The summed E-state index contributed by atoms with van der Waals surface area (Å²) in [5.41, 5.74) is 1.19. The van der Waals surface area contributed by atoms with Crippen molar-refractivity contribution in [2.45, 2.75) is 13.8 Å². The molecule has 0 radical (unpaired) electrons. The average Bonchev–Trinajstić information content (AvgIpc) is 2.69. The number of carbonyl (C=O) groups excluding carboxylic acids is 1. The van der Waals surface area contributed by atoms with Crippen LogP contribution in [0.2, 0.25) is 0 Å². The van der Waals surface area contributed by atoms with Crippen LogP contribution in [0.25, 0.3) is 5.95 Å². The van der Waals surface area contributed by atoms with E-state index in [1.165, 1.54) is 24.1 Å². The highest BCUT2D eigenvalue weighted by Crippen LogP contribution is 2.11. The first-order valence-corrected chi connectivity index (χ1v) is 5.24. The van der Waals surface area contributed by atoms with E-state index in [0.717, 1.165) is 0 Å². The number of nitrogens with one attached hydrogen (secondary N) is 1. The van der Waals surface area contributed by atoms with Gasteiger partial charge in [0, 0.05) is 11.8 Å². The van der Waals surface area contributed by atoms with Gasteiger partial charge in [-0.25, -0.2) is 14.5 Å². The topological polar surface area (TPSA) is 89.9 Å². The van der Waals surface area contributed by atoms with Gasteiger partial charge in [-0.15, -0.1) is 0 Å². The largest absolute Gasteiger partial charge is 0.465 e. The second-order valence-electron chi connectivity index (χ2n) is 3.76. The average molecular weight is 248 g/mol. The van der Waals surface area contributed by atoms with Gasteiger partial charge in [-0.2, -0.15) is 5.10 Å². The van der Waals surface area contributed by atoms with Gasteiger partial charge in [-0.3, -0.25) is 9.78 Å². The van der Waals surface area contributed by atoms with Crippen molar-refractivity contribution in [3.8, 4) is 5.95 Å². The molecule has 0 saturated heterocycles. The number of methoxy groups -OCH3 is 1. The van der Waals surface area contributed by atoms with Gasteiger partial charge in [-0.1, -0.05) is 0 Å². The van der Waals surface area contributed by atoms with Gasteiger partial charge in [0.25, 0.3) is 5.56 Å². The molecule has 2 rings (SSSR count). The third-order valence-electron chi connectivity index (χ3n) is 2.47. The number of aromatic amines is 1. The van der Waals surface area contributed by atoms with Gasteiger partial charge >= 0.3 is 5.97 Å². The van der Waals surface area contributed by atoms with Gasteiger partial charge in [0.2, 0.25) is 5.95 Å². The van der Waals surface area contributed by atoms with E-state index < -0.39 is 5.97 Å². The molecule has 94 valence electrons. The van der Waals surface area contributed by atoms with Crippen LogP contribution in [0.3, 0.4) is 0 Å². The van der Waals surface area contributed by atoms with Crippen molar-refractivity contribution in [1.29, 1.82) is 0 Å². The summed E-state index contributed by atoms with van der Waals surface area (Å²) in [6.45, 7) is 3.40. The Morgan fingerprint density at radius 1 is 1.44 bits per heavy atom. The SMILES string of the molecule is COC(=O)c1cnn(-c2nc(C)cc(=O)[nH]2)c1C. The molecule has 2 aromatic rings. The lowest BCUT2D eigenvalue weighted by atomic mass is 10.3. The van der Waals surface area contributed by atoms with E-state index in [9.17, 15) is 9.59 Å². The van der Waals surface area contributed by atoms with Crippen LogP contribution in [0.5, 0.6) is 0 Å². The summed E-state index contributed by atoms with van der Waals surface area (Å²) >= 11 is 0. The smallest absolute Gasteiger partial charge is 0.341 e. The van der Waals surface area contributed by atoms with Gasteiger partial charge in [0.1, 0.15) is 5.56 Å². The molecule has 7 heteroatoms. The molecule has 0 aliphatic rings. The number of esters is 1. The Morgan fingerprint density at radius 3 is 2.78 bits per heavy atom. The fraction of sp³-hybridized carbons (Fsp3) is 0.273. The summed E-state index contributed by atoms with van der Waals surface area (Å²) in [6, 6.07) is 1.38. The number of aromatic nitrogens is 4. The van der Waals surface area contributed by atoms with Crippen molar-refractivity contribution in [3.05, 3.63) is 39.6 Å². The quantitative estimate of drug-likeness (QED) is 0.775. The molecule has 0 aliphatic heterocycles. The van der Waals surface area contributed by atoms with E-state index in [-0.39, 0.29) is 11.5 Å². The number of aryl methyl sites for hydroxylation is 1. The zero-order valence-corrected chi connectivity index (χ0v) is 10.2. The van der Waals surface area contributed by atoms with E-state index in [4.69, 9.17) is 0 Å². The van der Waals surface area contributed by atoms with Crippen LogP contribution in [0, 0.1) is 13.8 Å². The fourth-order valence-corrected chi connectivity index (χ4v) is 1.60. The first-order chi connectivity index (χ1) is 8.52. The van der Waals surface area contributed by atoms with Gasteiger partial charge in [0.15, 0.2) is 0 Å². The van der Waals surface area contributed by atoms with Gasteiger partial charge < -0.3 is 4.74 Å². The molecule has 1 N–H and O–H groups in total. The number of hydrogen-bond donors (Lipinski definition) is 1. The minimum absolute atomic E-state index is 0.271. The first-order valence-electron chi connectivity index (χ1n) is 5.24. The van der Waals surface area contributed by atoms with Crippen LogP contribution in [0.4, 0.5) is 0 Å². The standard InChI is InChI=1S/C11H12N4O3/c1-6-4-9(16)14-11(13-6)15-7(2)8(5-12-15)10(17)18-3/h4-5H,1-3H3,(H,13,14,16). The van der Waals surface area contributed by atoms with Crippen molar-refractivity contribution >= 4 is 5.97 Å². The van der Waals surface area contributed by atoms with Crippen LogP contribution in [0.15, 0.2) is 17.1 Å². The molecule has 0 fully saturated rings. The Morgan fingerprint density at radius 2 is 2.17 bits per heavy atom. The maximum absolute atomic E-state index is 11.4. The molecule has 18 heavy (non-hydrogen) atoms. The molecule has 2 heterocycles. The first kappa shape index (κ1) is 12.0. The number of rotatable bonds is 2. The number of carbonyl (C=O) groups is 1. The Kier molecular flexibility index (Phi) is 2.97.